The molecule has 1 aliphatic rings. The van der Waals surface area contributed by atoms with Crippen molar-refractivity contribution >= 4 is 12.4 Å². The standard InChI is InChI=1S/C12H17BO/c1-12(2,3)10-5-6-11-9(7-10)8-14-13(11)4/h5-7H,8H2,1-4H3. The summed E-state index contributed by atoms with van der Waals surface area (Å²) in [6.45, 7) is 9.90. The van der Waals surface area contributed by atoms with Crippen LogP contribution in [-0.4, -0.2) is 6.92 Å². The Labute approximate surface area is 86.6 Å². The highest BCUT2D eigenvalue weighted by Gasteiger charge is 2.24. The van der Waals surface area contributed by atoms with Crippen LogP contribution in [0.25, 0.3) is 0 Å². The van der Waals surface area contributed by atoms with E-state index in [9.17, 15) is 0 Å². The molecule has 0 amide bonds. The zero-order valence-corrected chi connectivity index (χ0v) is 9.42. The van der Waals surface area contributed by atoms with E-state index in [1.165, 1.54) is 16.6 Å². The average Bonchev–Trinajstić information content (AvgIpc) is 2.46. The summed E-state index contributed by atoms with van der Waals surface area (Å²) in [5.41, 5.74) is 4.36. The number of hydrogen-bond donors (Lipinski definition) is 0. The molecule has 1 nitrogen and oxygen atoms in total. The Morgan fingerprint density at radius 3 is 2.64 bits per heavy atom. The molecule has 1 heterocycles. The Morgan fingerprint density at radius 1 is 1.29 bits per heavy atom. The van der Waals surface area contributed by atoms with Gasteiger partial charge in [0.05, 0.1) is 6.61 Å². The van der Waals surface area contributed by atoms with E-state index in [4.69, 9.17) is 4.65 Å². The van der Waals surface area contributed by atoms with Crippen LogP contribution in [0.1, 0.15) is 31.9 Å². The van der Waals surface area contributed by atoms with Crippen LogP contribution >= 0.6 is 0 Å². The lowest BCUT2D eigenvalue weighted by Gasteiger charge is -2.19. The van der Waals surface area contributed by atoms with Gasteiger partial charge in [-0.3, -0.25) is 0 Å². The molecule has 0 saturated carbocycles. The topological polar surface area (TPSA) is 9.23 Å². The highest BCUT2D eigenvalue weighted by molar-refractivity contribution is 6.67. The van der Waals surface area contributed by atoms with E-state index in [1.807, 2.05) is 0 Å². The molecule has 1 aliphatic heterocycles. The van der Waals surface area contributed by atoms with Gasteiger partial charge in [0.15, 0.2) is 0 Å². The molecule has 0 atom stereocenters. The first-order valence-electron chi connectivity index (χ1n) is 5.23. The van der Waals surface area contributed by atoms with Crippen LogP contribution in [0.5, 0.6) is 0 Å². The highest BCUT2D eigenvalue weighted by atomic mass is 16.4. The largest absolute Gasteiger partial charge is 0.427 e. The summed E-state index contributed by atoms with van der Waals surface area (Å²) in [6.07, 6.45) is 0. The number of hydrogen-bond acceptors (Lipinski definition) is 1. The summed E-state index contributed by atoms with van der Waals surface area (Å²) in [4.78, 5) is 0. The van der Waals surface area contributed by atoms with Crippen molar-refractivity contribution in [2.75, 3.05) is 0 Å². The third-order valence-corrected chi connectivity index (χ3v) is 2.94. The summed E-state index contributed by atoms with van der Waals surface area (Å²) in [5.74, 6) is 0. The molecule has 2 rings (SSSR count). The van der Waals surface area contributed by atoms with Crippen molar-refractivity contribution in [2.45, 2.75) is 39.6 Å². The van der Waals surface area contributed by atoms with Crippen LogP contribution in [0, 0.1) is 0 Å². The third-order valence-electron chi connectivity index (χ3n) is 2.94. The molecule has 2 heteroatoms. The van der Waals surface area contributed by atoms with Crippen molar-refractivity contribution in [2.24, 2.45) is 0 Å². The summed E-state index contributed by atoms with van der Waals surface area (Å²) >= 11 is 0. The monoisotopic (exact) mass is 188 g/mol. The van der Waals surface area contributed by atoms with Gasteiger partial charge in [-0.2, -0.15) is 0 Å². The minimum atomic E-state index is 0.237. The number of fused-ring (bicyclic) bond motifs is 1. The minimum Gasteiger partial charge on any atom is -0.427 e. The second kappa shape index (κ2) is 3.13. The van der Waals surface area contributed by atoms with Crippen molar-refractivity contribution < 1.29 is 4.65 Å². The van der Waals surface area contributed by atoms with E-state index in [2.05, 4.69) is 45.8 Å². The molecule has 0 unspecified atom stereocenters. The van der Waals surface area contributed by atoms with Crippen LogP contribution in [0.3, 0.4) is 0 Å². The lowest BCUT2D eigenvalue weighted by Crippen LogP contribution is -2.25. The summed E-state index contributed by atoms with van der Waals surface area (Å²) in [7, 11) is 0. The molecule has 0 spiro atoms. The first-order chi connectivity index (χ1) is 6.48. The van der Waals surface area contributed by atoms with Gasteiger partial charge in [0.25, 0.3) is 0 Å². The Bertz CT molecular complexity index is 352. The van der Waals surface area contributed by atoms with E-state index >= 15 is 0 Å². The lowest BCUT2D eigenvalue weighted by atomic mass is 9.64. The molecule has 74 valence electrons. The maximum atomic E-state index is 5.59. The van der Waals surface area contributed by atoms with Crippen molar-refractivity contribution in [3.05, 3.63) is 29.3 Å². The SMILES string of the molecule is CB1OCc2cc(C(C)(C)C)ccc21. The summed E-state index contributed by atoms with van der Waals surface area (Å²) in [6, 6.07) is 6.73. The van der Waals surface area contributed by atoms with Gasteiger partial charge in [-0.15, -0.1) is 0 Å². The normalized spacial score (nSPS) is 15.9. The van der Waals surface area contributed by atoms with Crippen LogP contribution < -0.4 is 5.46 Å². The van der Waals surface area contributed by atoms with Gasteiger partial charge >= 0.3 is 6.92 Å². The van der Waals surface area contributed by atoms with Gasteiger partial charge in [0.1, 0.15) is 0 Å². The van der Waals surface area contributed by atoms with E-state index < -0.39 is 0 Å². The first kappa shape index (κ1) is 9.79. The maximum absolute atomic E-state index is 5.59. The van der Waals surface area contributed by atoms with Crippen molar-refractivity contribution in [1.82, 2.24) is 0 Å². The van der Waals surface area contributed by atoms with Crippen LogP contribution in [-0.2, 0) is 16.7 Å². The van der Waals surface area contributed by atoms with E-state index in [1.54, 1.807) is 0 Å². The minimum absolute atomic E-state index is 0.237. The third kappa shape index (κ3) is 1.59. The predicted molar refractivity (Wildman–Crippen MR) is 61.2 cm³/mol. The van der Waals surface area contributed by atoms with E-state index in [0.29, 0.717) is 0 Å². The molecule has 0 fully saturated rings. The molecule has 0 bridgehead atoms. The molecular weight excluding hydrogens is 171 g/mol. The van der Waals surface area contributed by atoms with E-state index in [0.717, 1.165) is 6.61 Å². The van der Waals surface area contributed by atoms with Crippen LogP contribution in [0.15, 0.2) is 18.2 Å². The molecule has 0 saturated heterocycles. The van der Waals surface area contributed by atoms with Gasteiger partial charge in [-0.1, -0.05) is 45.8 Å². The molecule has 14 heavy (non-hydrogen) atoms. The molecule has 0 radical (unpaired) electrons. The van der Waals surface area contributed by atoms with Crippen LogP contribution in [0.4, 0.5) is 0 Å². The zero-order chi connectivity index (χ0) is 10.3. The zero-order valence-electron chi connectivity index (χ0n) is 9.42. The Kier molecular flexibility index (Phi) is 2.19. The first-order valence-corrected chi connectivity index (χ1v) is 5.23. The van der Waals surface area contributed by atoms with Gasteiger partial charge in [0.2, 0.25) is 0 Å². The van der Waals surface area contributed by atoms with E-state index in [-0.39, 0.29) is 12.3 Å². The molecule has 0 N–H and O–H groups in total. The Hall–Kier alpha value is -0.755. The fourth-order valence-electron chi connectivity index (χ4n) is 1.90. The Balaban J connectivity index is 2.42. The van der Waals surface area contributed by atoms with Gasteiger partial charge < -0.3 is 4.65 Å². The summed E-state index contributed by atoms with van der Waals surface area (Å²) in [5, 5.41) is 0. The highest BCUT2D eigenvalue weighted by Crippen LogP contribution is 2.24. The molecule has 1 aromatic rings. The smallest absolute Gasteiger partial charge is 0.324 e. The van der Waals surface area contributed by atoms with Crippen molar-refractivity contribution in [1.29, 1.82) is 0 Å². The second-order valence-corrected chi connectivity index (χ2v) is 5.12. The fraction of sp³-hybridized carbons (Fsp3) is 0.500. The molecular formula is C12H17BO. The maximum Gasteiger partial charge on any atom is 0.324 e. The fourth-order valence-corrected chi connectivity index (χ4v) is 1.90. The van der Waals surface area contributed by atoms with Gasteiger partial charge in [-0.25, -0.2) is 0 Å². The van der Waals surface area contributed by atoms with Crippen molar-refractivity contribution in [3.8, 4) is 0 Å². The molecule has 0 aliphatic carbocycles. The number of rotatable bonds is 0. The lowest BCUT2D eigenvalue weighted by molar-refractivity contribution is 0.333. The van der Waals surface area contributed by atoms with Crippen molar-refractivity contribution in [3.63, 3.8) is 0 Å². The predicted octanol–water partition coefficient (Wildman–Crippen LogP) is 2.34. The summed E-state index contributed by atoms with van der Waals surface area (Å²) < 4.78 is 5.59. The van der Waals surface area contributed by atoms with Crippen LogP contribution in [0.2, 0.25) is 6.82 Å². The van der Waals surface area contributed by atoms with Gasteiger partial charge in [0, 0.05) is 0 Å². The number of benzene rings is 1. The molecule has 0 aromatic heterocycles. The second-order valence-electron chi connectivity index (χ2n) is 5.12. The average molecular weight is 188 g/mol. The van der Waals surface area contributed by atoms with Gasteiger partial charge in [-0.05, 0) is 22.0 Å². The quantitative estimate of drug-likeness (QED) is 0.568. The Morgan fingerprint density at radius 2 is 2.00 bits per heavy atom. The molecule has 1 aromatic carbocycles.